The molecule has 62 valence electrons. The van der Waals surface area contributed by atoms with Gasteiger partial charge in [-0.15, -0.1) is 0 Å². The second-order valence-electron chi connectivity index (χ2n) is 2.41. The Kier molecular flexibility index (Phi) is 2.75. The third-order valence-electron chi connectivity index (χ3n) is 1.51. The molecule has 1 atom stereocenters. The van der Waals surface area contributed by atoms with Gasteiger partial charge >= 0.3 is 0 Å². The fourth-order valence-corrected chi connectivity index (χ4v) is 0.827. The normalized spacial score (nSPS) is 12.1. The number of hydrogen-bond donors (Lipinski definition) is 2. The molecule has 0 saturated carbocycles. The Balaban J connectivity index is 2.95. The van der Waals surface area contributed by atoms with Crippen LogP contribution in [0.1, 0.15) is 17.2 Å². The SMILES string of the molecule is N#Cc1cncc(C(N)CO)c1. The molecular weight excluding hydrogens is 154 g/mol. The monoisotopic (exact) mass is 163 g/mol. The van der Waals surface area contributed by atoms with E-state index in [9.17, 15) is 0 Å². The summed E-state index contributed by atoms with van der Waals surface area (Å²) in [6.45, 7) is -0.142. The summed E-state index contributed by atoms with van der Waals surface area (Å²) in [5.74, 6) is 0. The Morgan fingerprint density at radius 2 is 2.42 bits per heavy atom. The topological polar surface area (TPSA) is 82.9 Å². The van der Waals surface area contributed by atoms with Gasteiger partial charge in [0, 0.05) is 12.4 Å². The van der Waals surface area contributed by atoms with E-state index >= 15 is 0 Å². The van der Waals surface area contributed by atoms with E-state index in [2.05, 4.69) is 4.98 Å². The minimum Gasteiger partial charge on any atom is -0.394 e. The molecule has 0 spiro atoms. The summed E-state index contributed by atoms with van der Waals surface area (Å²) in [6, 6.07) is 3.11. The Morgan fingerprint density at radius 1 is 1.67 bits per heavy atom. The van der Waals surface area contributed by atoms with E-state index in [4.69, 9.17) is 16.1 Å². The van der Waals surface area contributed by atoms with E-state index in [1.54, 1.807) is 12.3 Å². The molecule has 12 heavy (non-hydrogen) atoms. The lowest BCUT2D eigenvalue weighted by Gasteiger charge is -2.06. The Labute approximate surface area is 70.3 Å². The zero-order valence-electron chi connectivity index (χ0n) is 6.44. The van der Waals surface area contributed by atoms with Crippen molar-refractivity contribution in [3.8, 4) is 6.07 Å². The molecule has 0 aliphatic rings. The Morgan fingerprint density at radius 3 is 3.00 bits per heavy atom. The van der Waals surface area contributed by atoms with Gasteiger partial charge in [-0.3, -0.25) is 4.98 Å². The minimum absolute atomic E-state index is 0.142. The van der Waals surface area contributed by atoms with Crippen LogP contribution in [-0.4, -0.2) is 16.7 Å². The first kappa shape index (κ1) is 8.65. The van der Waals surface area contributed by atoms with E-state index in [0.29, 0.717) is 11.1 Å². The van der Waals surface area contributed by atoms with Crippen molar-refractivity contribution in [2.45, 2.75) is 6.04 Å². The van der Waals surface area contributed by atoms with Crippen molar-refractivity contribution < 1.29 is 5.11 Å². The zero-order valence-corrected chi connectivity index (χ0v) is 6.44. The first-order valence-corrected chi connectivity index (χ1v) is 3.49. The number of nitrogens with two attached hydrogens (primary N) is 1. The van der Waals surface area contributed by atoms with Gasteiger partial charge in [0.15, 0.2) is 0 Å². The van der Waals surface area contributed by atoms with E-state index in [1.807, 2.05) is 6.07 Å². The highest BCUT2D eigenvalue weighted by molar-refractivity contribution is 5.30. The van der Waals surface area contributed by atoms with Gasteiger partial charge in [-0.1, -0.05) is 0 Å². The van der Waals surface area contributed by atoms with Crippen LogP contribution >= 0.6 is 0 Å². The standard InChI is InChI=1S/C8H9N3O/c9-2-6-1-7(4-11-3-6)8(10)5-12/h1,3-4,8,12H,5,10H2. The maximum atomic E-state index is 8.72. The highest BCUT2D eigenvalue weighted by Crippen LogP contribution is 2.08. The molecule has 1 unspecified atom stereocenters. The molecule has 0 bridgehead atoms. The van der Waals surface area contributed by atoms with Crippen molar-refractivity contribution in [2.24, 2.45) is 5.73 Å². The molecule has 4 heteroatoms. The summed E-state index contributed by atoms with van der Waals surface area (Å²) in [7, 11) is 0. The molecule has 0 radical (unpaired) electrons. The average Bonchev–Trinajstić information content (AvgIpc) is 2.17. The van der Waals surface area contributed by atoms with Crippen molar-refractivity contribution in [3.05, 3.63) is 29.6 Å². The van der Waals surface area contributed by atoms with Crippen LogP contribution in [0.2, 0.25) is 0 Å². The van der Waals surface area contributed by atoms with Crippen LogP contribution in [0.5, 0.6) is 0 Å². The van der Waals surface area contributed by atoms with Crippen LogP contribution < -0.4 is 5.73 Å². The Hall–Kier alpha value is -1.44. The molecule has 4 nitrogen and oxygen atoms in total. The molecule has 1 heterocycles. The van der Waals surface area contributed by atoms with Gasteiger partial charge in [0.25, 0.3) is 0 Å². The van der Waals surface area contributed by atoms with Gasteiger partial charge in [0.2, 0.25) is 0 Å². The van der Waals surface area contributed by atoms with Gasteiger partial charge in [0.1, 0.15) is 6.07 Å². The summed E-state index contributed by atoms with van der Waals surface area (Å²) in [5.41, 5.74) is 6.65. The smallest absolute Gasteiger partial charge is 0.101 e. The van der Waals surface area contributed by atoms with Gasteiger partial charge in [-0.2, -0.15) is 5.26 Å². The van der Waals surface area contributed by atoms with Gasteiger partial charge in [-0.25, -0.2) is 0 Å². The lowest BCUT2D eigenvalue weighted by molar-refractivity contribution is 0.268. The summed E-state index contributed by atoms with van der Waals surface area (Å²) in [4.78, 5) is 3.81. The van der Waals surface area contributed by atoms with Crippen LogP contribution in [0.25, 0.3) is 0 Å². The molecule has 0 saturated heterocycles. The maximum absolute atomic E-state index is 8.72. The van der Waals surface area contributed by atoms with Crippen LogP contribution in [0.4, 0.5) is 0 Å². The van der Waals surface area contributed by atoms with Crippen molar-refractivity contribution in [1.29, 1.82) is 5.26 Å². The second-order valence-corrected chi connectivity index (χ2v) is 2.41. The lowest BCUT2D eigenvalue weighted by Crippen LogP contribution is -2.14. The predicted octanol–water partition coefficient (Wildman–Crippen LogP) is -0.0546. The molecule has 0 amide bonds. The summed E-state index contributed by atoms with van der Waals surface area (Å²) < 4.78 is 0. The van der Waals surface area contributed by atoms with E-state index in [1.165, 1.54) is 6.20 Å². The molecule has 0 aliphatic heterocycles. The average molecular weight is 163 g/mol. The first-order chi connectivity index (χ1) is 5.77. The highest BCUT2D eigenvalue weighted by Gasteiger charge is 2.04. The number of pyridine rings is 1. The highest BCUT2D eigenvalue weighted by atomic mass is 16.3. The predicted molar refractivity (Wildman–Crippen MR) is 43.0 cm³/mol. The van der Waals surface area contributed by atoms with Gasteiger partial charge in [-0.05, 0) is 11.6 Å². The molecule has 0 aliphatic carbocycles. The van der Waals surface area contributed by atoms with Gasteiger partial charge in [0.05, 0.1) is 18.2 Å². The van der Waals surface area contributed by atoms with Crippen molar-refractivity contribution >= 4 is 0 Å². The molecule has 1 rings (SSSR count). The maximum Gasteiger partial charge on any atom is 0.101 e. The molecule has 1 aromatic rings. The fraction of sp³-hybridized carbons (Fsp3) is 0.250. The van der Waals surface area contributed by atoms with Crippen molar-refractivity contribution in [3.63, 3.8) is 0 Å². The van der Waals surface area contributed by atoms with Crippen LogP contribution in [0.15, 0.2) is 18.5 Å². The van der Waals surface area contributed by atoms with Crippen LogP contribution in [0, 0.1) is 11.3 Å². The first-order valence-electron chi connectivity index (χ1n) is 3.49. The molecule has 1 aromatic heterocycles. The number of nitriles is 1. The number of aliphatic hydroxyl groups excluding tert-OH is 1. The summed E-state index contributed by atoms with van der Waals surface area (Å²) in [6.07, 6.45) is 3.00. The fourth-order valence-electron chi connectivity index (χ4n) is 0.827. The summed E-state index contributed by atoms with van der Waals surface area (Å²) in [5, 5.41) is 17.2. The van der Waals surface area contributed by atoms with Crippen molar-refractivity contribution in [1.82, 2.24) is 4.98 Å². The lowest BCUT2D eigenvalue weighted by atomic mass is 10.1. The largest absolute Gasteiger partial charge is 0.394 e. The third-order valence-corrected chi connectivity index (χ3v) is 1.51. The van der Waals surface area contributed by atoms with Crippen LogP contribution in [0.3, 0.4) is 0 Å². The number of aliphatic hydroxyl groups is 1. The second kappa shape index (κ2) is 3.81. The Bertz CT molecular complexity index is 305. The number of rotatable bonds is 2. The molecule has 0 aromatic carbocycles. The van der Waals surface area contributed by atoms with Crippen LogP contribution in [-0.2, 0) is 0 Å². The third kappa shape index (κ3) is 1.78. The molecule has 0 fully saturated rings. The summed E-state index contributed by atoms with van der Waals surface area (Å²) >= 11 is 0. The van der Waals surface area contributed by atoms with Crippen molar-refractivity contribution in [2.75, 3.05) is 6.61 Å². The van der Waals surface area contributed by atoms with Gasteiger partial charge < -0.3 is 10.8 Å². The minimum atomic E-state index is -0.453. The van der Waals surface area contributed by atoms with E-state index in [-0.39, 0.29) is 6.61 Å². The number of hydrogen-bond acceptors (Lipinski definition) is 4. The molecular formula is C8H9N3O. The molecule has 3 N–H and O–H groups in total. The van der Waals surface area contributed by atoms with E-state index in [0.717, 1.165) is 0 Å². The van der Waals surface area contributed by atoms with E-state index < -0.39 is 6.04 Å². The number of nitrogens with zero attached hydrogens (tertiary/aromatic N) is 2. The number of aromatic nitrogens is 1. The quantitative estimate of drug-likeness (QED) is 0.640. The zero-order chi connectivity index (χ0) is 8.97.